The van der Waals surface area contributed by atoms with Crippen molar-refractivity contribution in [1.29, 1.82) is 0 Å². The predicted molar refractivity (Wildman–Crippen MR) is 110 cm³/mol. The number of piperidine rings is 1. The highest BCUT2D eigenvalue weighted by atomic mass is 16.3. The van der Waals surface area contributed by atoms with Crippen molar-refractivity contribution in [3.05, 3.63) is 42.2 Å². The van der Waals surface area contributed by atoms with Gasteiger partial charge >= 0.3 is 0 Å². The normalized spacial score (nSPS) is 23.3. The van der Waals surface area contributed by atoms with Gasteiger partial charge in [-0.1, -0.05) is 5.21 Å². The largest absolute Gasteiger partial charge is 0.507 e. The van der Waals surface area contributed by atoms with E-state index in [2.05, 4.69) is 37.8 Å². The van der Waals surface area contributed by atoms with Crippen LogP contribution in [-0.2, 0) is 0 Å². The number of phenols is 1. The first kappa shape index (κ1) is 18.1. The van der Waals surface area contributed by atoms with Crippen LogP contribution in [0.1, 0.15) is 31.4 Å². The van der Waals surface area contributed by atoms with Crippen LogP contribution in [0.5, 0.6) is 5.75 Å². The van der Waals surface area contributed by atoms with Crippen molar-refractivity contribution in [3.63, 3.8) is 0 Å². The molecule has 3 aromatic rings. The molecule has 5 rings (SSSR count). The summed E-state index contributed by atoms with van der Waals surface area (Å²) in [6, 6.07) is 11.1. The molecule has 2 bridgehead atoms. The van der Waals surface area contributed by atoms with Crippen molar-refractivity contribution in [2.24, 2.45) is 0 Å². The molecule has 0 aliphatic carbocycles. The molecule has 8 nitrogen and oxygen atoms in total. The summed E-state index contributed by atoms with van der Waals surface area (Å²) in [6.07, 6.45) is 6.68. The number of fused-ring (bicyclic) bond motifs is 2. The van der Waals surface area contributed by atoms with Gasteiger partial charge in [-0.25, -0.2) is 4.68 Å². The molecule has 1 aromatic carbocycles. The number of aromatic hydroxyl groups is 1. The molecule has 2 saturated heterocycles. The average molecular weight is 391 g/mol. The summed E-state index contributed by atoms with van der Waals surface area (Å²) >= 11 is 0. The van der Waals surface area contributed by atoms with Gasteiger partial charge in [0.25, 0.3) is 0 Å². The highest BCUT2D eigenvalue weighted by Gasteiger charge is 2.35. The van der Waals surface area contributed by atoms with E-state index in [1.54, 1.807) is 10.7 Å². The fraction of sp³-hybridized carbons (Fsp3) is 0.429. The van der Waals surface area contributed by atoms with Gasteiger partial charge in [0.15, 0.2) is 5.82 Å². The smallest absolute Gasteiger partial charge is 0.151 e. The minimum Gasteiger partial charge on any atom is -0.507 e. The molecule has 0 saturated carbocycles. The van der Waals surface area contributed by atoms with E-state index in [0.29, 0.717) is 29.4 Å². The number of phenolic OH excluding ortho intramolecular Hbond substituents is 1. The first-order valence-electron chi connectivity index (χ1n) is 10.1. The Morgan fingerprint density at radius 1 is 1.07 bits per heavy atom. The third-order valence-electron chi connectivity index (χ3n) is 6.14. The monoisotopic (exact) mass is 391 g/mol. The summed E-state index contributed by atoms with van der Waals surface area (Å²) in [5.74, 6) is 1.01. The van der Waals surface area contributed by atoms with Gasteiger partial charge in [0.1, 0.15) is 5.75 Å². The van der Waals surface area contributed by atoms with Gasteiger partial charge in [0.05, 0.1) is 23.3 Å². The van der Waals surface area contributed by atoms with Crippen LogP contribution >= 0.6 is 0 Å². The maximum atomic E-state index is 10.5. The van der Waals surface area contributed by atoms with E-state index in [4.69, 9.17) is 0 Å². The van der Waals surface area contributed by atoms with Gasteiger partial charge in [-0.05, 0) is 56.9 Å². The van der Waals surface area contributed by atoms with E-state index < -0.39 is 0 Å². The highest BCUT2D eigenvalue weighted by molar-refractivity contribution is 5.69. The molecule has 0 amide bonds. The number of nitrogens with one attached hydrogen (secondary N) is 1. The minimum absolute atomic E-state index is 0.140. The van der Waals surface area contributed by atoms with Gasteiger partial charge in [0, 0.05) is 36.8 Å². The van der Waals surface area contributed by atoms with Crippen LogP contribution in [0.15, 0.2) is 36.5 Å². The number of hydrogen-bond donors (Lipinski definition) is 2. The molecule has 2 N–H and O–H groups in total. The van der Waals surface area contributed by atoms with Crippen molar-refractivity contribution in [1.82, 2.24) is 30.5 Å². The van der Waals surface area contributed by atoms with Gasteiger partial charge < -0.3 is 15.3 Å². The van der Waals surface area contributed by atoms with Crippen LogP contribution in [0, 0.1) is 6.92 Å². The molecule has 2 fully saturated rings. The Morgan fingerprint density at radius 2 is 1.86 bits per heavy atom. The molecule has 2 aliphatic rings. The van der Waals surface area contributed by atoms with Crippen molar-refractivity contribution in [2.45, 2.75) is 50.7 Å². The standard InChI is InChI=1S/C21H25N7O/c1-13-12-28(26-23-13)16-5-6-18(20(29)11-16)19-7-8-21(25-24-19)27(2)17-9-14-3-4-15(10-17)22-14/h5-8,11-12,14-15,17,22,29H,3-4,9-10H2,1-2H3/t14-,15+,17-. The number of aromatic nitrogens is 5. The number of rotatable bonds is 4. The second-order valence-corrected chi connectivity index (χ2v) is 8.16. The topological polar surface area (TPSA) is 92.0 Å². The molecule has 0 spiro atoms. The third kappa shape index (κ3) is 3.44. The molecule has 0 radical (unpaired) electrons. The quantitative estimate of drug-likeness (QED) is 0.706. The number of benzene rings is 1. The zero-order valence-corrected chi connectivity index (χ0v) is 16.7. The Hall–Kier alpha value is -3.00. The van der Waals surface area contributed by atoms with E-state index in [1.165, 1.54) is 12.8 Å². The molecule has 29 heavy (non-hydrogen) atoms. The Kier molecular flexibility index (Phi) is 4.43. The first-order chi connectivity index (χ1) is 14.1. The fourth-order valence-corrected chi connectivity index (χ4v) is 4.54. The highest BCUT2D eigenvalue weighted by Crippen LogP contribution is 2.32. The summed E-state index contributed by atoms with van der Waals surface area (Å²) in [5.41, 5.74) is 2.86. The van der Waals surface area contributed by atoms with E-state index in [-0.39, 0.29) is 5.75 Å². The third-order valence-corrected chi connectivity index (χ3v) is 6.14. The van der Waals surface area contributed by atoms with Crippen molar-refractivity contribution < 1.29 is 5.11 Å². The lowest BCUT2D eigenvalue weighted by molar-refractivity contribution is 0.353. The SMILES string of the molecule is Cc1cn(-c2ccc(-c3ccc(N(C)[C@@H]4C[C@H]5CC[C@@H](C4)N5)nn3)c(O)c2)nn1. The zero-order chi connectivity index (χ0) is 20.0. The predicted octanol–water partition coefficient (Wildman–Crippen LogP) is 2.46. The Morgan fingerprint density at radius 3 is 2.48 bits per heavy atom. The van der Waals surface area contributed by atoms with Crippen molar-refractivity contribution in [3.8, 4) is 22.7 Å². The van der Waals surface area contributed by atoms with Crippen LogP contribution in [0.3, 0.4) is 0 Å². The van der Waals surface area contributed by atoms with Crippen LogP contribution in [0.25, 0.3) is 16.9 Å². The lowest BCUT2D eigenvalue weighted by Gasteiger charge is -2.36. The lowest BCUT2D eigenvalue weighted by Crippen LogP contribution is -2.47. The second-order valence-electron chi connectivity index (χ2n) is 8.16. The zero-order valence-electron chi connectivity index (χ0n) is 16.7. The van der Waals surface area contributed by atoms with Gasteiger partial charge in [0.2, 0.25) is 0 Å². The van der Waals surface area contributed by atoms with Crippen LogP contribution < -0.4 is 10.2 Å². The molecule has 8 heteroatoms. The van der Waals surface area contributed by atoms with E-state index in [9.17, 15) is 5.11 Å². The number of anilines is 1. The molecule has 4 heterocycles. The summed E-state index contributed by atoms with van der Waals surface area (Å²) < 4.78 is 1.63. The minimum atomic E-state index is 0.140. The molecule has 3 atom stereocenters. The van der Waals surface area contributed by atoms with Gasteiger partial charge in [-0.15, -0.1) is 15.3 Å². The summed E-state index contributed by atoms with van der Waals surface area (Å²) in [7, 11) is 2.10. The van der Waals surface area contributed by atoms with E-state index >= 15 is 0 Å². The van der Waals surface area contributed by atoms with Crippen molar-refractivity contribution in [2.75, 3.05) is 11.9 Å². The van der Waals surface area contributed by atoms with Crippen molar-refractivity contribution >= 4 is 5.82 Å². The number of aryl methyl sites for hydroxylation is 1. The van der Waals surface area contributed by atoms with Crippen LogP contribution in [-0.4, -0.2) is 55.5 Å². The molecular weight excluding hydrogens is 366 g/mol. The number of hydrogen-bond acceptors (Lipinski definition) is 7. The second kappa shape index (κ2) is 7.11. The summed E-state index contributed by atoms with van der Waals surface area (Å²) in [6.45, 7) is 1.88. The molecule has 0 unspecified atom stereocenters. The first-order valence-corrected chi connectivity index (χ1v) is 10.1. The molecule has 2 aromatic heterocycles. The van der Waals surface area contributed by atoms with Gasteiger partial charge in [-0.3, -0.25) is 0 Å². The summed E-state index contributed by atoms with van der Waals surface area (Å²) in [4.78, 5) is 2.25. The maximum Gasteiger partial charge on any atom is 0.151 e. The van der Waals surface area contributed by atoms with E-state index in [0.717, 1.165) is 30.0 Å². The Bertz CT molecular complexity index is 1000. The van der Waals surface area contributed by atoms with Crippen LogP contribution in [0.2, 0.25) is 0 Å². The summed E-state index contributed by atoms with van der Waals surface area (Å²) in [5, 5.41) is 31.0. The van der Waals surface area contributed by atoms with Crippen LogP contribution in [0.4, 0.5) is 5.82 Å². The Labute approximate surface area is 169 Å². The molecule has 2 aliphatic heterocycles. The Balaban J connectivity index is 1.34. The molecule has 150 valence electrons. The molecular formula is C21H25N7O. The lowest BCUT2D eigenvalue weighted by atomic mass is 9.98. The van der Waals surface area contributed by atoms with Gasteiger partial charge in [-0.2, -0.15) is 0 Å². The number of nitrogens with zero attached hydrogens (tertiary/aromatic N) is 6. The maximum absolute atomic E-state index is 10.5. The van der Waals surface area contributed by atoms with E-state index in [1.807, 2.05) is 37.4 Å². The fourth-order valence-electron chi connectivity index (χ4n) is 4.54. The average Bonchev–Trinajstić information content (AvgIpc) is 3.32.